The molecule has 0 unspecified atom stereocenters. The van der Waals surface area contributed by atoms with Crippen LogP contribution in [0.15, 0.2) is 65.6 Å². The van der Waals surface area contributed by atoms with Crippen LogP contribution < -0.4 is 10.0 Å². The largest absolute Gasteiger partial charge is 0.465 e. The molecule has 166 valence electrons. The van der Waals surface area contributed by atoms with Crippen LogP contribution in [0.1, 0.15) is 26.3 Å². The molecule has 0 aromatic heterocycles. The van der Waals surface area contributed by atoms with Crippen molar-refractivity contribution in [3.05, 3.63) is 88.2 Å². The van der Waals surface area contributed by atoms with Gasteiger partial charge in [-0.05, 0) is 73.2 Å². The van der Waals surface area contributed by atoms with Crippen molar-refractivity contribution in [1.82, 2.24) is 0 Å². The van der Waals surface area contributed by atoms with Gasteiger partial charge in [0, 0.05) is 16.9 Å². The Hall–Kier alpha value is -3.43. The fraction of sp³-hybridized carbons (Fsp3) is 0.0909. The minimum absolute atomic E-state index is 0.0811. The molecule has 0 spiro atoms. The minimum Gasteiger partial charge on any atom is -0.465 e. The van der Waals surface area contributed by atoms with Gasteiger partial charge in [0.05, 0.1) is 22.6 Å². The number of carbonyl (C=O) groups is 2. The van der Waals surface area contributed by atoms with Gasteiger partial charge in [-0.3, -0.25) is 9.52 Å². The molecule has 0 heterocycles. The van der Waals surface area contributed by atoms with Crippen LogP contribution in [0, 0.1) is 12.7 Å². The molecule has 0 radical (unpaired) electrons. The summed E-state index contributed by atoms with van der Waals surface area (Å²) in [6.07, 6.45) is 0. The van der Waals surface area contributed by atoms with Crippen LogP contribution in [-0.2, 0) is 14.8 Å². The molecule has 3 rings (SSSR count). The van der Waals surface area contributed by atoms with E-state index in [4.69, 9.17) is 11.6 Å². The lowest BCUT2D eigenvalue weighted by Gasteiger charge is -2.11. The van der Waals surface area contributed by atoms with Crippen LogP contribution in [0.5, 0.6) is 0 Å². The third kappa shape index (κ3) is 5.24. The number of amides is 1. The zero-order valence-electron chi connectivity index (χ0n) is 17.0. The smallest absolute Gasteiger partial charge is 0.339 e. The van der Waals surface area contributed by atoms with Gasteiger partial charge < -0.3 is 10.1 Å². The van der Waals surface area contributed by atoms with Gasteiger partial charge in [-0.15, -0.1) is 0 Å². The first kappa shape index (κ1) is 23.2. The number of esters is 1. The van der Waals surface area contributed by atoms with E-state index in [9.17, 15) is 22.4 Å². The molecule has 1 amide bonds. The highest BCUT2D eigenvalue weighted by atomic mass is 35.5. The number of nitrogens with one attached hydrogen (secondary N) is 2. The highest BCUT2D eigenvalue weighted by molar-refractivity contribution is 7.92. The summed E-state index contributed by atoms with van der Waals surface area (Å²) in [5.41, 5.74) is 1.12. The van der Waals surface area contributed by atoms with E-state index < -0.39 is 27.7 Å². The third-order valence-electron chi connectivity index (χ3n) is 4.47. The molecule has 0 bridgehead atoms. The Bertz CT molecular complexity index is 1290. The molecule has 0 aliphatic carbocycles. The van der Waals surface area contributed by atoms with Crippen molar-refractivity contribution >= 4 is 44.9 Å². The second-order valence-corrected chi connectivity index (χ2v) is 8.82. The maximum Gasteiger partial charge on any atom is 0.339 e. The molecular weight excluding hydrogens is 459 g/mol. The zero-order chi connectivity index (χ0) is 23.5. The van der Waals surface area contributed by atoms with Crippen LogP contribution >= 0.6 is 11.6 Å². The Kier molecular flexibility index (Phi) is 6.81. The molecule has 0 aliphatic rings. The number of aryl methyl sites for hydroxylation is 1. The maximum absolute atomic E-state index is 13.4. The van der Waals surface area contributed by atoms with Crippen molar-refractivity contribution in [3.63, 3.8) is 0 Å². The van der Waals surface area contributed by atoms with E-state index in [2.05, 4.69) is 14.8 Å². The average Bonchev–Trinajstić information content (AvgIpc) is 2.76. The summed E-state index contributed by atoms with van der Waals surface area (Å²) in [7, 11) is -2.71. The number of sulfonamides is 1. The summed E-state index contributed by atoms with van der Waals surface area (Å²) in [6.45, 7) is 1.47. The fourth-order valence-corrected chi connectivity index (χ4v) is 4.10. The van der Waals surface area contributed by atoms with E-state index in [0.717, 1.165) is 6.07 Å². The van der Waals surface area contributed by atoms with Gasteiger partial charge >= 0.3 is 5.97 Å². The maximum atomic E-state index is 13.4. The van der Waals surface area contributed by atoms with E-state index in [-0.39, 0.29) is 32.3 Å². The Morgan fingerprint density at radius 3 is 2.25 bits per heavy atom. The second kappa shape index (κ2) is 9.37. The van der Waals surface area contributed by atoms with Gasteiger partial charge in [0.25, 0.3) is 15.9 Å². The van der Waals surface area contributed by atoms with Gasteiger partial charge in [0.1, 0.15) is 5.82 Å². The van der Waals surface area contributed by atoms with Crippen LogP contribution in [0.4, 0.5) is 15.8 Å². The first-order valence-electron chi connectivity index (χ1n) is 9.19. The van der Waals surface area contributed by atoms with E-state index in [1.54, 1.807) is 0 Å². The summed E-state index contributed by atoms with van der Waals surface area (Å²) >= 11 is 5.97. The first-order valence-corrected chi connectivity index (χ1v) is 11.0. The summed E-state index contributed by atoms with van der Waals surface area (Å²) in [4.78, 5) is 24.2. The van der Waals surface area contributed by atoms with Crippen LogP contribution in [-0.4, -0.2) is 27.4 Å². The van der Waals surface area contributed by atoms with Gasteiger partial charge in [-0.1, -0.05) is 11.6 Å². The Morgan fingerprint density at radius 2 is 1.62 bits per heavy atom. The number of carbonyl (C=O) groups excluding carboxylic acids is 2. The van der Waals surface area contributed by atoms with Crippen molar-refractivity contribution in [2.75, 3.05) is 17.1 Å². The van der Waals surface area contributed by atoms with E-state index in [0.29, 0.717) is 5.69 Å². The second-order valence-electron chi connectivity index (χ2n) is 6.73. The monoisotopic (exact) mass is 476 g/mol. The molecule has 10 heteroatoms. The normalized spacial score (nSPS) is 11.0. The van der Waals surface area contributed by atoms with E-state index in [1.807, 2.05) is 0 Å². The van der Waals surface area contributed by atoms with Crippen molar-refractivity contribution < 1.29 is 27.1 Å². The first-order chi connectivity index (χ1) is 15.1. The molecule has 0 aliphatic heterocycles. The van der Waals surface area contributed by atoms with Crippen LogP contribution in [0.3, 0.4) is 0 Å². The van der Waals surface area contributed by atoms with Crippen molar-refractivity contribution in [1.29, 1.82) is 0 Å². The molecule has 32 heavy (non-hydrogen) atoms. The quantitative estimate of drug-likeness (QED) is 0.505. The molecule has 3 aromatic carbocycles. The Labute approximate surface area is 189 Å². The fourth-order valence-electron chi connectivity index (χ4n) is 2.76. The number of benzene rings is 3. The number of methoxy groups -OCH3 is 1. The van der Waals surface area contributed by atoms with Gasteiger partial charge in [0.2, 0.25) is 0 Å². The number of hydrogen-bond acceptors (Lipinski definition) is 5. The molecule has 0 saturated heterocycles. The minimum atomic E-state index is -3.93. The highest BCUT2D eigenvalue weighted by Crippen LogP contribution is 2.23. The lowest BCUT2D eigenvalue weighted by atomic mass is 10.1. The van der Waals surface area contributed by atoms with Crippen LogP contribution in [0.2, 0.25) is 5.02 Å². The highest BCUT2D eigenvalue weighted by Gasteiger charge is 2.17. The van der Waals surface area contributed by atoms with Crippen molar-refractivity contribution in [2.24, 2.45) is 0 Å². The molecule has 2 N–H and O–H groups in total. The number of halogens is 2. The molecule has 0 atom stereocenters. The van der Waals surface area contributed by atoms with Gasteiger partial charge in [-0.2, -0.15) is 0 Å². The average molecular weight is 477 g/mol. The third-order valence-corrected chi connectivity index (χ3v) is 6.18. The standard InChI is InChI=1S/C22H18ClFN2O5S/c1-13-11-17(8-10-20(13)24)32(29,30)26-15-5-3-14(4-6-15)21(27)25-16-7-9-19(23)18(12-16)22(28)31-2/h3-12,26H,1-2H3,(H,25,27). The number of anilines is 2. The van der Waals surface area contributed by atoms with Crippen molar-refractivity contribution in [2.45, 2.75) is 11.8 Å². The Morgan fingerprint density at radius 1 is 0.969 bits per heavy atom. The summed E-state index contributed by atoms with van der Waals surface area (Å²) in [5.74, 6) is -1.62. The summed E-state index contributed by atoms with van der Waals surface area (Å²) in [6, 6.07) is 13.6. The van der Waals surface area contributed by atoms with Crippen LogP contribution in [0.25, 0.3) is 0 Å². The summed E-state index contributed by atoms with van der Waals surface area (Å²) < 4.78 is 45.4. The number of hydrogen-bond donors (Lipinski definition) is 2. The van der Waals surface area contributed by atoms with Gasteiger partial charge in [-0.25, -0.2) is 17.6 Å². The lowest BCUT2D eigenvalue weighted by Crippen LogP contribution is -2.15. The zero-order valence-corrected chi connectivity index (χ0v) is 18.6. The summed E-state index contributed by atoms with van der Waals surface area (Å²) in [5, 5.41) is 2.81. The number of ether oxygens (including phenoxy) is 1. The van der Waals surface area contributed by atoms with Gasteiger partial charge in [0.15, 0.2) is 0 Å². The molecule has 3 aromatic rings. The molecule has 0 saturated carbocycles. The number of rotatable bonds is 6. The topological polar surface area (TPSA) is 102 Å². The molecule has 7 nitrogen and oxygen atoms in total. The Balaban J connectivity index is 1.73. The predicted octanol–water partition coefficient (Wildman–Crippen LogP) is 4.63. The molecular formula is C22H18ClFN2O5S. The van der Waals surface area contributed by atoms with Crippen molar-refractivity contribution in [3.8, 4) is 0 Å². The SMILES string of the molecule is COC(=O)c1cc(NC(=O)c2ccc(NS(=O)(=O)c3ccc(F)c(C)c3)cc2)ccc1Cl. The lowest BCUT2D eigenvalue weighted by molar-refractivity contribution is 0.0600. The molecule has 0 fully saturated rings. The van der Waals surface area contributed by atoms with E-state index in [1.165, 1.54) is 68.6 Å². The van der Waals surface area contributed by atoms with E-state index >= 15 is 0 Å². The predicted molar refractivity (Wildman–Crippen MR) is 119 cm³/mol.